The topological polar surface area (TPSA) is 102 Å². The molecule has 0 aliphatic carbocycles. The Bertz CT molecular complexity index is 2930. The predicted molar refractivity (Wildman–Crippen MR) is 301 cm³/mol. The third-order valence-electron chi connectivity index (χ3n) is 14.0. The third-order valence-corrected chi connectivity index (χ3v) is 14.0. The van der Waals surface area contributed by atoms with Crippen LogP contribution in [0.4, 0.5) is 0 Å². The molecular formula is C68H70O11. The lowest BCUT2D eigenvalue weighted by Gasteiger charge is -2.53. The van der Waals surface area contributed by atoms with Crippen LogP contribution in [-0.4, -0.2) is 74.1 Å². The van der Waals surface area contributed by atoms with Crippen LogP contribution in [0.1, 0.15) is 45.9 Å². The lowest BCUT2D eigenvalue weighted by Crippen LogP contribution is -2.70. The summed E-state index contributed by atoms with van der Waals surface area (Å²) >= 11 is 0. The molecular weight excluding hydrogens is 993 g/mol. The van der Waals surface area contributed by atoms with Gasteiger partial charge in [0.1, 0.15) is 48.5 Å². The van der Waals surface area contributed by atoms with Crippen molar-refractivity contribution < 1.29 is 52.1 Å². The van der Waals surface area contributed by atoms with Crippen molar-refractivity contribution in [3.63, 3.8) is 0 Å². The van der Waals surface area contributed by atoms with Gasteiger partial charge in [0.25, 0.3) is 0 Å². The highest BCUT2D eigenvalue weighted by Gasteiger charge is 2.59. The van der Waals surface area contributed by atoms with E-state index in [2.05, 4.69) is 0 Å². The van der Waals surface area contributed by atoms with E-state index in [0.717, 1.165) is 38.9 Å². The van der Waals surface area contributed by atoms with E-state index in [4.69, 9.17) is 52.1 Å². The van der Waals surface area contributed by atoms with Crippen molar-refractivity contribution >= 4 is 0 Å². The number of ether oxygens (including phenoxy) is 11. The maximum Gasteiger partial charge on any atom is 0.201 e. The quantitative estimate of drug-likeness (QED) is 0.0492. The maximum atomic E-state index is 7.61. The average Bonchev–Trinajstić information content (AvgIpc) is 3.63. The Labute approximate surface area is 464 Å². The zero-order chi connectivity index (χ0) is 53.7. The molecule has 0 aromatic heterocycles. The second-order valence-electron chi connectivity index (χ2n) is 20.0. The van der Waals surface area contributed by atoms with E-state index in [1.807, 2.05) is 250 Å². The molecule has 0 spiro atoms. The van der Waals surface area contributed by atoms with Crippen molar-refractivity contribution in [1.82, 2.24) is 0 Å². The van der Waals surface area contributed by atoms with E-state index < -0.39 is 60.9 Å². The van der Waals surface area contributed by atoms with Crippen LogP contribution < -0.4 is 4.74 Å². The van der Waals surface area contributed by atoms with Crippen LogP contribution in [0, 0.1) is 0 Å². The number of benzene rings is 8. The molecule has 11 heteroatoms. The maximum absolute atomic E-state index is 7.61. The summed E-state index contributed by atoms with van der Waals surface area (Å²) in [7, 11) is 0. The van der Waals surface area contributed by atoms with Crippen LogP contribution in [0.3, 0.4) is 0 Å². The summed E-state index contributed by atoms with van der Waals surface area (Å²) in [6.07, 6.45) is -7.67. The Kier molecular flexibility index (Phi) is 20.3. The molecule has 79 heavy (non-hydrogen) atoms. The van der Waals surface area contributed by atoms with Gasteiger partial charge in [-0.2, -0.15) is 0 Å². The molecule has 2 fully saturated rings. The lowest BCUT2D eigenvalue weighted by atomic mass is 9.91. The molecule has 10 rings (SSSR count). The SMILES string of the molecule is CC1(OC2OC(COCc3ccccc3)C(OCc3ccccc3)C(OCc3ccccc3)C2Oc2ccccc2)OC(COCc2ccccc2)C(OCc2ccccc2)C(OCc2ccccc2)C1OCc1ccccc1. The van der Waals surface area contributed by atoms with Crippen molar-refractivity contribution in [3.05, 3.63) is 282 Å². The molecule has 2 heterocycles. The smallest absolute Gasteiger partial charge is 0.201 e. The minimum Gasteiger partial charge on any atom is -0.482 e. The van der Waals surface area contributed by atoms with Crippen LogP contribution in [0.2, 0.25) is 0 Å². The molecule has 8 aromatic rings. The molecule has 0 N–H and O–H groups in total. The lowest BCUT2D eigenvalue weighted by molar-refractivity contribution is -0.427. The van der Waals surface area contributed by atoms with Crippen molar-refractivity contribution in [2.24, 2.45) is 0 Å². The number of hydrogen-bond donors (Lipinski definition) is 0. The van der Waals surface area contributed by atoms with Crippen molar-refractivity contribution in [1.29, 1.82) is 0 Å². The second-order valence-corrected chi connectivity index (χ2v) is 20.0. The summed E-state index contributed by atoms with van der Waals surface area (Å²) in [5, 5.41) is 0. The third kappa shape index (κ3) is 15.9. The van der Waals surface area contributed by atoms with Crippen LogP contribution >= 0.6 is 0 Å². The van der Waals surface area contributed by atoms with Gasteiger partial charge >= 0.3 is 0 Å². The fraction of sp³-hybridized carbons (Fsp3) is 0.294. The number of hydrogen-bond acceptors (Lipinski definition) is 11. The van der Waals surface area contributed by atoms with E-state index in [9.17, 15) is 0 Å². The van der Waals surface area contributed by atoms with Gasteiger partial charge in [0.05, 0.1) is 59.5 Å². The summed E-state index contributed by atoms with van der Waals surface area (Å²) in [5.41, 5.74) is 6.90. The van der Waals surface area contributed by atoms with Gasteiger partial charge in [-0.3, -0.25) is 0 Å². The van der Waals surface area contributed by atoms with Gasteiger partial charge in [0.2, 0.25) is 6.29 Å². The van der Waals surface area contributed by atoms with Crippen molar-refractivity contribution in [2.45, 2.75) is 114 Å². The summed E-state index contributed by atoms with van der Waals surface area (Å²) in [6, 6.07) is 80.1. The first kappa shape index (κ1) is 55.5. The molecule has 0 bridgehead atoms. The monoisotopic (exact) mass is 1060 g/mol. The average molecular weight is 1060 g/mol. The van der Waals surface area contributed by atoms with E-state index in [1.165, 1.54) is 0 Å². The molecule has 0 radical (unpaired) electrons. The molecule has 2 saturated heterocycles. The molecule has 11 nitrogen and oxygen atoms in total. The molecule has 408 valence electrons. The highest BCUT2D eigenvalue weighted by molar-refractivity contribution is 5.23. The zero-order valence-electron chi connectivity index (χ0n) is 44.6. The van der Waals surface area contributed by atoms with Crippen LogP contribution in [0.25, 0.3) is 0 Å². The van der Waals surface area contributed by atoms with Gasteiger partial charge in [-0.1, -0.05) is 231 Å². The first-order valence-corrected chi connectivity index (χ1v) is 27.3. The van der Waals surface area contributed by atoms with E-state index >= 15 is 0 Å². The van der Waals surface area contributed by atoms with E-state index in [1.54, 1.807) is 0 Å². The van der Waals surface area contributed by atoms with E-state index in [0.29, 0.717) is 19.0 Å². The van der Waals surface area contributed by atoms with E-state index in [-0.39, 0.29) is 46.2 Å². The Hall–Kier alpha value is -6.84. The number of para-hydroxylation sites is 1. The second kappa shape index (κ2) is 28.9. The fourth-order valence-corrected chi connectivity index (χ4v) is 10.0. The van der Waals surface area contributed by atoms with Gasteiger partial charge in [0, 0.05) is 0 Å². The van der Waals surface area contributed by atoms with Crippen LogP contribution in [0.15, 0.2) is 243 Å². The Balaban J connectivity index is 1.07. The van der Waals surface area contributed by atoms with Gasteiger partial charge in [-0.25, -0.2) is 0 Å². The first-order valence-electron chi connectivity index (χ1n) is 27.3. The molecule has 0 amide bonds. The Morgan fingerprint density at radius 2 is 0.646 bits per heavy atom. The summed E-state index contributed by atoms with van der Waals surface area (Å²) in [4.78, 5) is 0. The van der Waals surface area contributed by atoms with Crippen LogP contribution in [0.5, 0.6) is 5.75 Å². The molecule has 0 saturated carbocycles. The normalized spacial score (nSPS) is 23.9. The van der Waals surface area contributed by atoms with Gasteiger partial charge in [-0.05, 0) is 58.0 Å². The molecule has 2 aliphatic heterocycles. The van der Waals surface area contributed by atoms with Gasteiger partial charge in [0.15, 0.2) is 11.9 Å². The van der Waals surface area contributed by atoms with Crippen LogP contribution in [-0.2, 0) is 93.6 Å². The minimum absolute atomic E-state index is 0.119. The largest absolute Gasteiger partial charge is 0.482 e. The number of rotatable bonds is 27. The predicted octanol–water partition coefficient (Wildman–Crippen LogP) is 12.7. The van der Waals surface area contributed by atoms with Gasteiger partial charge in [-0.15, -0.1) is 0 Å². The summed E-state index contributed by atoms with van der Waals surface area (Å²) in [6.45, 7) is 4.02. The molecule has 10 unspecified atom stereocenters. The highest BCUT2D eigenvalue weighted by atomic mass is 16.8. The molecule has 8 aromatic carbocycles. The molecule has 2 aliphatic rings. The minimum atomic E-state index is -1.65. The summed E-state index contributed by atoms with van der Waals surface area (Å²) in [5.74, 6) is -1.07. The van der Waals surface area contributed by atoms with Crippen molar-refractivity contribution in [2.75, 3.05) is 13.2 Å². The Morgan fingerprint density at radius 3 is 1.05 bits per heavy atom. The fourth-order valence-electron chi connectivity index (χ4n) is 10.0. The zero-order valence-corrected chi connectivity index (χ0v) is 44.6. The molecule has 10 atom stereocenters. The Morgan fingerprint density at radius 1 is 0.329 bits per heavy atom. The highest BCUT2D eigenvalue weighted by Crippen LogP contribution is 2.42. The standard InChI is InChI=1S/C68H70O11/c1-68(66(75-48-57-38-22-8-23-39-57)64(74-47-56-36-20-7-21-37-56)62(72-45-54-32-16-5-17-33-54)60(78-68)50-70-43-52-28-12-3-13-29-52)79-67-65(76-58-40-24-9-25-41-58)63(73-46-55-34-18-6-19-35-55)61(71-44-53-30-14-4-15-31-53)59(77-67)49-69-42-51-26-10-2-11-27-51/h2-41,59-67H,42-50H2,1H3. The summed E-state index contributed by atoms with van der Waals surface area (Å²) < 4.78 is 78.3. The van der Waals surface area contributed by atoms with Gasteiger partial charge < -0.3 is 52.1 Å². The first-order chi connectivity index (χ1) is 39.0. The van der Waals surface area contributed by atoms with Crippen molar-refractivity contribution in [3.8, 4) is 5.75 Å².